The van der Waals surface area contributed by atoms with E-state index in [0.29, 0.717) is 13.0 Å². The van der Waals surface area contributed by atoms with Gasteiger partial charge in [0.05, 0.1) is 0 Å². The number of hydrogen-bond acceptors (Lipinski definition) is 2. The summed E-state index contributed by atoms with van der Waals surface area (Å²) in [5, 5.41) is 2.88. The second kappa shape index (κ2) is 5.96. The van der Waals surface area contributed by atoms with E-state index < -0.39 is 5.54 Å². The highest BCUT2D eigenvalue weighted by molar-refractivity contribution is 5.79. The Morgan fingerprint density at radius 2 is 2.17 bits per heavy atom. The normalized spacial score (nSPS) is 13.2. The zero-order chi connectivity index (χ0) is 13.8. The van der Waals surface area contributed by atoms with Crippen molar-refractivity contribution in [2.45, 2.75) is 32.7 Å². The molecule has 1 atom stereocenters. The number of hydrogen-bond donors (Lipinski definition) is 2. The second-order valence-electron chi connectivity index (χ2n) is 5.31. The van der Waals surface area contributed by atoms with Crippen molar-refractivity contribution < 1.29 is 9.18 Å². The Hall–Kier alpha value is -1.42. The summed E-state index contributed by atoms with van der Waals surface area (Å²) in [6.45, 7) is 5.96. The SMILES string of the molecule is CC(Cc1cccc(F)c1)C(=O)NC(C)(C)CN. The van der Waals surface area contributed by atoms with E-state index in [4.69, 9.17) is 5.73 Å². The van der Waals surface area contributed by atoms with Crippen molar-refractivity contribution in [3.63, 3.8) is 0 Å². The molecular weight excluding hydrogens is 231 g/mol. The van der Waals surface area contributed by atoms with Crippen molar-refractivity contribution in [2.24, 2.45) is 11.7 Å². The van der Waals surface area contributed by atoms with Crippen LogP contribution >= 0.6 is 0 Å². The van der Waals surface area contributed by atoms with Gasteiger partial charge in [0.25, 0.3) is 0 Å². The number of halogens is 1. The molecule has 3 nitrogen and oxygen atoms in total. The van der Waals surface area contributed by atoms with E-state index in [1.165, 1.54) is 12.1 Å². The van der Waals surface area contributed by atoms with E-state index in [2.05, 4.69) is 5.32 Å². The molecule has 0 spiro atoms. The lowest BCUT2D eigenvalue weighted by molar-refractivity contribution is -0.126. The summed E-state index contributed by atoms with van der Waals surface area (Å²) in [5.41, 5.74) is 5.98. The number of carbonyl (C=O) groups is 1. The third-order valence-corrected chi connectivity index (χ3v) is 2.85. The van der Waals surface area contributed by atoms with Gasteiger partial charge in [0, 0.05) is 18.0 Å². The van der Waals surface area contributed by atoms with Gasteiger partial charge in [-0.3, -0.25) is 4.79 Å². The van der Waals surface area contributed by atoms with E-state index in [9.17, 15) is 9.18 Å². The van der Waals surface area contributed by atoms with Crippen LogP contribution in [0.25, 0.3) is 0 Å². The fourth-order valence-corrected chi connectivity index (χ4v) is 1.62. The van der Waals surface area contributed by atoms with Crippen molar-refractivity contribution >= 4 is 5.91 Å². The van der Waals surface area contributed by atoms with Crippen LogP contribution < -0.4 is 11.1 Å². The van der Waals surface area contributed by atoms with Crippen molar-refractivity contribution in [1.82, 2.24) is 5.32 Å². The van der Waals surface area contributed by atoms with Gasteiger partial charge in [0.1, 0.15) is 5.82 Å². The first-order valence-corrected chi connectivity index (χ1v) is 6.10. The molecule has 0 aliphatic carbocycles. The summed E-state index contributed by atoms with van der Waals surface area (Å²) in [6.07, 6.45) is 0.518. The third-order valence-electron chi connectivity index (χ3n) is 2.85. The molecule has 0 heterocycles. The van der Waals surface area contributed by atoms with Crippen LogP contribution in [-0.2, 0) is 11.2 Å². The molecule has 1 aromatic carbocycles. The monoisotopic (exact) mass is 252 g/mol. The van der Waals surface area contributed by atoms with Gasteiger partial charge in [0.2, 0.25) is 5.91 Å². The molecule has 0 bridgehead atoms. The molecule has 0 saturated heterocycles. The number of nitrogens with two attached hydrogens (primary N) is 1. The molecular formula is C14H21FN2O. The van der Waals surface area contributed by atoms with E-state index in [1.807, 2.05) is 26.8 Å². The van der Waals surface area contributed by atoms with Gasteiger partial charge in [-0.2, -0.15) is 0 Å². The van der Waals surface area contributed by atoms with Gasteiger partial charge in [0.15, 0.2) is 0 Å². The molecule has 0 aliphatic heterocycles. The van der Waals surface area contributed by atoms with E-state index >= 15 is 0 Å². The standard InChI is InChI=1S/C14H21FN2O/c1-10(13(18)17-14(2,3)9-16)7-11-5-4-6-12(15)8-11/h4-6,8,10H,7,9,16H2,1-3H3,(H,17,18). The predicted octanol–water partition coefficient (Wildman–Crippen LogP) is 1.86. The number of nitrogens with one attached hydrogen (secondary N) is 1. The molecule has 0 aliphatic rings. The summed E-state index contributed by atoms with van der Waals surface area (Å²) < 4.78 is 13.0. The Morgan fingerprint density at radius 1 is 1.50 bits per heavy atom. The van der Waals surface area contributed by atoms with Gasteiger partial charge < -0.3 is 11.1 Å². The average Bonchev–Trinajstić information content (AvgIpc) is 2.28. The quantitative estimate of drug-likeness (QED) is 0.840. The molecule has 4 heteroatoms. The molecule has 18 heavy (non-hydrogen) atoms. The molecule has 100 valence electrons. The summed E-state index contributed by atoms with van der Waals surface area (Å²) in [4.78, 5) is 11.9. The van der Waals surface area contributed by atoms with Crippen LogP contribution in [-0.4, -0.2) is 18.0 Å². The molecule has 0 radical (unpaired) electrons. The third kappa shape index (κ3) is 4.45. The van der Waals surface area contributed by atoms with Gasteiger partial charge in [-0.25, -0.2) is 4.39 Å². The Balaban J connectivity index is 2.60. The van der Waals surface area contributed by atoms with E-state index in [1.54, 1.807) is 6.07 Å². The highest BCUT2D eigenvalue weighted by Gasteiger charge is 2.22. The minimum Gasteiger partial charge on any atom is -0.350 e. The molecule has 0 saturated carbocycles. The minimum absolute atomic E-state index is 0.0605. The zero-order valence-corrected chi connectivity index (χ0v) is 11.2. The Kier molecular flexibility index (Phi) is 4.84. The first kappa shape index (κ1) is 14.6. The van der Waals surface area contributed by atoms with Crippen molar-refractivity contribution in [2.75, 3.05) is 6.54 Å². The molecule has 1 amide bonds. The van der Waals surface area contributed by atoms with Crippen LogP contribution in [0.3, 0.4) is 0 Å². The molecule has 1 rings (SSSR count). The zero-order valence-electron chi connectivity index (χ0n) is 11.2. The maximum atomic E-state index is 13.0. The van der Waals surface area contributed by atoms with Gasteiger partial charge in [-0.15, -0.1) is 0 Å². The summed E-state index contributed by atoms with van der Waals surface area (Å²) in [7, 11) is 0. The summed E-state index contributed by atoms with van der Waals surface area (Å²) >= 11 is 0. The highest BCUT2D eigenvalue weighted by Crippen LogP contribution is 2.11. The lowest BCUT2D eigenvalue weighted by atomic mass is 9.98. The van der Waals surface area contributed by atoms with Gasteiger partial charge >= 0.3 is 0 Å². The van der Waals surface area contributed by atoms with Crippen molar-refractivity contribution in [3.05, 3.63) is 35.6 Å². The minimum atomic E-state index is -0.409. The topological polar surface area (TPSA) is 55.1 Å². The number of carbonyl (C=O) groups excluding carboxylic acids is 1. The number of amides is 1. The van der Waals surface area contributed by atoms with Crippen LogP contribution in [0.2, 0.25) is 0 Å². The first-order chi connectivity index (χ1) is 8.34. The predicted molar refractivity (Wildman–Crippen MR) is 70.5 cm³/mol. The molecule has 0 fully saturated rings. The highest BCUT2D eigenvalue weighted by atomic mass is 19.1. The van der Waals surface area contributed by atoms with Crippen LogP contribution in [0, 0.1) is 11.7 Å². The van der Waals surface area contributed by atoms with Crippen LogP contribution in [0.4, 0.5) is 4.39 Å². The lowest BCUT2D eigenvalue weighted by Gasteiger charge is -2.26. The Morgan fingerprint density at radius 3 is 2.72 bits per heavy atom. The fraction of sp³-hybridized carbons (Fsp3) is 0.500. The first-order valence-electron chi connectivity index (χ1n) is 6.10. The second-order valence-corrected chi connectivity index (χ2v) is 5.31. The summed E-state index contributed by atoms with van der Waals surface area (Å²) in [5.74, 6) is -0.547. The van der Waals surface area contributed by atoms with E-state index in [-0.39, 0.29) is 17.6 Å². The van der Waals surface area contributed by atoms with Crippen LogP contribution in [0.5, 0.6) is 0 Å². The largest absolute Gasteiger partial charge is 0.350 e. The van der Waals surface area contributed by atoms with Crippen LogP contribution in [0.15, 0.2) is 24.3 Å². The Bertz CT molecular complexity index is 418. The van der Waals surface area contributed by atoms with Gasteiger partial charge in [-0.1, -0.05) is 19.1 Å². The molecule has 3 N–H and O–H groups in total. The smallest absolute Gasteiger partial charge is 0.223 e. The Labute approximate surface area is 108 Å². The van der Waals surface area contributed by atoms with Crippen LogP contribution in [0.1, 0.15) is 26.3 Å². The molecule has 0 aromatic heterocycles. The molecule has 1 aromatic rings. The average molecular weight is 252 g/mol. The van der Waals surface area contributed by atoms with E-state index in [0.717, 1.165) is 5.56 Å². The maximum Gasteiger partial charge on any atom is 0.223 e. The fourth-order valence-electron chi connectivity index (χ4n) is 1.62. The lowest BCUT2D eigenvalue weighted by Crippen LogP contribution is -2.50. The van der Waals surface area contributed by atoms with Crippen molar-refractivity contribution in [3.8, 4) is 0 Å². The van der Waals surface area contributed by atoms with Gasteiger partial charge in [-0.05, 0) is 38.0 Å². The number of benzene rings is 1. The molecule has 1 unspecified atom stereocenters. The van der Waals surface area contributed by atoms with Crippen molar-refractivity contribution in [1.29, 1.82) is 0 Å². The number of rotatable bonds is 5. The maximum absolute atomic E-state index is 13.0. The summed E-state index contributed by atoms with van der Waals surface area (Å²) in [6, 6.07) is 6.32.